The van der Waals surface area contributed by atoms with Gasteiger partial charge in [0.2, 0.25) is 0 Å². The zero-order chi connectivity index (χ0) is 29.4. The molecule has 0 fully saturated rings. The SMILES string of the molecule is Cc1c[c-]c(-c2cc(C)c(C)cn2)cc1.[2H]Cc1cnc(-c2[c-]ccc3c2oc2c4cc(C)sc4ccc32)cc1C[2H].[Ir]. The molecule has 0 unspecified atom stereocenters. The van der Waals surface area contributed by atoms with Crippen LogP contribution in [-0.4, -0.2) is 9.97 Å². The maximum absolute atomic E-state index is 7.75. The first-order valence-electron chi connectivity index (χ1n) is 14.5. The van der Waals surface area contributed by atoms with Crippen LogP contribution in [0, 0.1) is 53.6 Å². The van der Waals surface area contributed by atoms with Crippen LogP contribution in [-0.2, 0) is 20.1 Å². The van der Waals surface area contributed by atoms with Crippen molar-refractivity contribution in [3.8, 4) is 22.5 Å². The molecule has 7 aromatic rings. The fraction of sp³-hybridized carbons (Fsp3) is 0.167. The molecule has 0 aliphatic heterocycles. The molecule has 0 saturated carbocycles. The van der Waals surface area contributed by atoms with Crippen LogP contribution in [0.4, 0.5) is 0 Å². The topological polar surface area (TPSA) is 38.9 Å². The fourth-order valence-corrected chi connectivity index (χ4v) is 5.65. The van der Waals surface area contributed by atoms with Gasteiger partial charge in [-0.1, -0.05) is 47.2 Å². The number of rotatable bonds is 2. The Labute approximate surface area is 261 Å². The molecular weight excluding hydrogens is 701 g/mol. The minimum atomic E-state index is 0. The maximum Gasteiger partial charge on any atom is 0.129 e. The fourth-order valence-electron chi connectivity index (χ4n) is 4.73. The largest absolute Gasteiger partial charge is 0.500 e. The summed E-state index contributed by atoms with van der Waals surface area (Å²) in [7, 11) is 0. The third-order valence-electron chi connectivity index (χ3n) is 7.17. The standard InChI is InChI=1S/C22H16NOS.C14H14N.Ir/c1-12-9-19(23-11-13(12)2)17-6-4-5-15-16-7-8-20-18(10-14(3)25-20)22(16)24-21(15)17;1-10-4-6-13(7-5-10)14-8-11(2)12(3)9-15-14;/h4-5,7-11H,1-3H3;4-6,8-9H,1-3H3;/q2*-1;/i1D,2D;;. The van der Waals surface area contributed by atoms with Crippen molar-refractivity contribution in [1.29, 1.82) is 0 Å². The van der Waals surface area contributed by atoms with Gasteiger partial charge in [0.15, 0.2) is 0 Å². The Balaban J connectivity index is 0.000000197. The average Bonchev–Trinajstić information content (AvgIpc) is 3.58. The summed E-state index contributed by atoms with van der Waals surface area (Å²) in [5, 5.41) is 3.28. The average molecular weight is 733 g/mol. The van der Waals surface area contributed by atoms with E-state index in [1.165, 1.54) is 26.3 Å². The zero-order valence-electron chi connectivity index (χ0n) is 25.4. The van der Waals surface area contributed by atoms with E-state index in [-0.39, 0.29) is 33.9 Å². The van der Waals surface area contributed by atoms with Gasteiger partial charge in [0.05, 0.1) is 5.58 Å². The van der Waals surface area contributed by atoms with Crippen molar-refractivity contribution in [3.05, 3.63) is 118 Å². The maximum atomic E-state index is 7.75. The molecule has 0 spiro atoms. The molecule has 3 nitrogen and oxygen atoms in total. The molecule has 4 aromatic heterocycles. The molecule has 0 saturated heterocycles. The van der Waals surface area contributed by atoms with Crippen LogP contribution in [0.25, 0.3) is 54.5 Å². The minimum absolute atomic E-state index is 0. The Bertz CT molecular complexity index is 2060. The number of benzene rings is 3. The molecule has 1 radical (unpaired) electrons. The molecule has 0 bridgehead atoms. The smallest absolute Gasteiger partial charge is 0.129 e. The van der Waals surface area contributed by atoms with Gasteiger partial charge >= 0.3 is 0 Å². The molecule has 0 aliphatic carbocycles. The Morgan fingerprint density at radius 1 is 0.732 bits per heavy atom. The number of hydrogen-bond donors (Lipinski definition) is 0. The van der Waals surface area contributed by atoms with Crippen molar-refractivity contribution in [3.63, 3.8) is 0 Å². The normalized spacial score (nSPS) is 11.6. The second-order valence-electron chi connectivity index (χ2n) is 10.2. The summed E-state index contributed by atoms with van der Waals surface area (Å²) in [5.41, 5.74) is 10.6. The van der Waals surface area contributed by atoms with E-state index in [0.29, 0.717) is 0 Å². The molecule has 5 heteroatoms. The Hall–Kier alpha value is -3.63. The second kappa shape index (κ2) is 11.7. The van der Waals surface area contributed by atoms with Crippen LogP contribution in [0.1, 0.15) is 35.4 Å². The Kier molecular flexibility index (Phi) is 7.50. The molecule has 0 atom stereocenters. The van der Waals surface area contributed by atoms with E-state index in [4.69, 9.17) is 7.16 Å². The number of furan rings is 1. The first-order chi connectivity index (χ1) is 20.4. The molecule has 4 heterocycles. The number of pyridine rings is 2. The molecule has 41 heavy (non-hydrogen) atoms. The first-order valence-corrected chi connectivity index (χ1v) is 13.9. The van der Waals surface area contributed by atoms with Crippen molar-refractivity contribution >= 4 is 43.4 Å². The van der Waals surface area contributed by atoms with E-state index in [1.807, 2.05) is 30.5 Å². The van der Waals surface area contributed by atoms with Gasteiger partial charge in [-0.3, -0.25) is 0 Å². The van der Waals surface area contributed by atoms with Crippen molar-refractivity contribution in [2.24, 2.45) is 0 Å². The van der Waals surface area contributed by atoms with Crippen LogP contribution < -0.4 is 0 Å². The molecule has 207 valence electrons. The third kappa shape index (κ3) is 5.63. The predicted molar refractivity (Wildman–Crippen MR) is 168 cm³/mol. The number of fused-ring (bicyclic) bond motifs is 5. The van der Waals surface area contributed by atoms with Crippen LogP contribution in [0.5, 0.6) is 0 Å². The summed E-state index contributed by atoms with van der Waals surface area (Å²) in [4.78, 5) is 10.2. The van der Waals surface area contributed by atoms with Gasteiger partial charge in [0.1, 0.15) is 5.58 Å². The second-order valence-corrected chi connectivity index (χ2v) is 11.5. The van der Waals surface area contributed by atoms with Gasteiger partial charge < -0.3 is 14.4 Å². The number of aromatic nitrogens is 2. The van der Waals surface area contributed by atoms with Crippen LogP contribution in [0.3, 0.4) is 0 Å². The first kappa shape index (κ1) is 26.3. The van der Waals surface area contributed by atoms with Crippen LogP contribution in [0.2, 0.25) is 0 Å². The monoisotopic (exact) mass is 733 g/mol. The predicted octanol–water partition coefficient (Wildman–Crippen LogP) is 10.1. The van der Waals surface area contributed by atoms with Gasteiger partial charge in [-0.15, -0.1) is 64.9 Å². The van der Waals surface area contributed by atoms with E-state index < -0.39 is 0 Å². The van der Waals surface area contributed by atoms with Gasteiger partial charge in [-0.25, -0.2) is 0 Å². The van der Waals surface area contributed by atoms with Crippen molar-refractivity contribution < 1.29 is 27.3 Å². The van der Waals surface area contributed by atoms with Gasteiger partial charge in [-0.2, -0.15) is 0 Å². The molecule has 3 aromatic carbocycles. The molecule has 0 N–H and O–H groups in total. The Morgan fingerprint density at radius 3 is 2.24 bits per heavy atom. The summed E-state index contributed by atoms with van der Waals surface area (Å²) in [6.45, 7) is 8.62. The number of hydrogen-bond acceptors (Lipinski definition) is 4. The quantitative estimate of drug-likeness (QED) is 0.166. The van der Waals surface area contributed by atoms with Gasteiger partial charge in [-0.05, 0) is 69.2 Å². The van der Waals surface area contributed by atoms with Crippen LogP contribution in [0.15, 0.2) is 77.5 Å². The summed E-state index contributed by atoms with van der Waals surface area (Å²) >= 11 is 1.77. The zero-order valence-corrected chi connectivity index (χ0v) is 26.6. The van der Waals surface area contributed by atoms with Crippen molar-refractivity contribution in [1.82, 2.24) is 9.97 Å². The summed E-state index contributed by atoms with van der Waals surface area (Å²) < 4.78 is 22.9. The number of thiophene rings is 1. The van der Waals surface area contributed by atoms with Crippen molar-refractivity contribution in [2.75, 3.05) is 0 Å². The molecule has 7 rings (SSSR count). The third-order valence-corrected chi connectivity index (χ3v) is 8.19. The van der Waals surface area contributed by atoms with E-state index >= 15 is 0 Å². The van der Waals surface area contributed by atoms with E-state index in [0.717, 1.165) is 61.0 Å². The summed E-state index contributed by atoms with van der Waals surface area (Å²) in [5.74, 6) is 0. The van der Waals surface area contributed by atoms with Gasteiger partial charge in [0, 0.05) is 55.6 Å². The Morgan fingerprint density at radius 2 is 1.49 bits per heavy atom. The summed E-state index contributed by atoms with van der Waals surface area (Å²) in [6, 6.07) is 27.0. The molecular formula is C36H30IrN2OS-2. The van der Waals surface area contributed by atoms with E-state index in [1.54, 1.807) is 17.5 Å². The van der Waals surface area contributed by atoms with Crippen molar-refractivity contribution in [2.45, 2.75) is 41.5 Å². The minimum Gasteiger partial charge on any atom is -0.500 e. The number of nitrogens with zero attached hydrogens (tertiary/aromatic N) is 2. The van der Waals surface area contributed by atoms with E-state index in [2.05, 4.69) is 86.2 Å². The summed E-state index contributed by atoms with van der Waals surface area (Å²) in [6.07, 6.45) is 3.61. The number of aryl methyl sites for hydroxylation is 6. The van der Waals surface area contributed by atoms with Crippen LogP contribution >= 0.6 is 11.3 Å². The van der Waals surface area contributed by atoms with E-state index in [9.17, 15) is 0 Å². The molecule has 0 amide bonds. The molecule has 0 aliphatic rings. The van der Waals surface area contributed by atoms with Gasteiger partial charge in [0.25, 0.3) is 0 Å².